The second-order valence-corrected chi connectivity index (χ2v) is 4.27. The second-order valence-electron chi connectivity index (χ2n) is 4.27. The summed E-state index contributed by atoms with van der Waals surface area (Å²) in [6.45, 7) is 1.83. The number of benzene rings is 1. The Morgan fingerprint density at radius 3 is 2.67 bits per heavy atom. The molecule has 0 bridgehead atoms. The minimum Gasteiger partial charge on any atom is -0.481 e. The number of rotatable bonds is 4. The van der Waals surface area contributed by atoms with E-state index in [9.17, 15) is 0 Å². The molecular formula is C14H13N5O2. The normalized spacial score (nSPS) is 10.4. The molecule has 2 aromatic heterocycles. The maximum atomic E-state index is 5.76. The number of hydrogen-bond acceptors (Lipinski definition) is 6. The average molecular weight is 283 g/mol. The average Bonchev–Trinajstić information content (AvgIpc) is 2.94. The molecule has 1 aromatic carbocycles. The predicted octanol–water partition coefficient (Wildman–Crippen LogP) is 2.17. The number of ether oxygens (including phenoxy) is 2. The van der Waals surface area contributed by atoms with Crippen molar-refractivity contribution in [1.29, 1.82) is 0 Å². The van der Waals surface area contributed by atoms with Crippen LogP contribution in [0.15, 0.2) is 42.6 Å². The lowest BCUT2D eigenvalue weighted by Gasteiger charge is -2.08. The van der Waals surface area contributed by atoms with Gasteiger partial charge in [-0.1, -0.05) is 6.07 Å². The topological polar surface area (TPSA) is 75.0 Å². The van der Waals surface area contributed by atoms with Crippen LogP contribution in [0.4, 0.5) is 0 Å². The van der Waals surface area contributed by atoms with E-state index in [4.69, 9.17) is 9.47 Å². The SMILES string of the molecule is COc1ccc(Oc2cccc(-n3nnnc3C)c2)cn1. The number of pyridine rings is 1. The molecule has 0 aliphatic heterocycles. The lowest BCUT2D eigenvalue weighted by atomic mass is 10.3. The Hall–Kier alpha value is -2.96. The van der Waals surface area contributed by atoms with Crippen molar-refractivity contribution in [2.75, 3.05) is 7.11 Å². The van der Waals surface area contributed by atoms with E-state index in [-0.39, 0.29) is 0 Å². The van der Waals surface area contributed by atoms with Gasteiger partial charge in [0.05, 0.1) is 19.0 Å². The summed E-state index contributed by atoms with van der Waals surface area (Å²) in [6, 6.07) is 11.0. The zero-order chi connectivity index (χ0) is 14.7. The summed E-state index contributed by atoms with van der Waals surface area (Å²) in [6.07, 6.45) is 1.60. The molecule has 106 valence electrons. The second kappa shape index (κ2) is 5.58. The van der Waals surface area contributed by atoms with Gasteiger partial charge in [0.2, 0.25) is 5.88 Å². The van der Waals surface area contributed by atoms with Crippen molar-refractivity contribution in [3.05, 3.63) is 48.4 Å². The van der Waals surface area contributed by atoms with Gasteiger partial charge >= 0.3 is 0 Å². The van der Waals surface area contributed by atoms with Gasteiger partial charge in [0, 0.05) is 12.1 Å². The van der Waals surface area contributed by atoms with Gasteiger partial charge in [0.15, 0.2) is 5.82 Å². The van der Waals surface area contributed by atoms with Crippen LogP contribution < -0.4 is 9.47 Å². The van der Waals surface area contributed by atoms with Crippen molar-refractivity contribution in [3.63, 3.8) is 0 Å². The number of hydrogen-bond donors (Lipinski definition) is 0. The van der Waals surface area contributed by atoms with Crippen LogP contribution in [0.3, 0.4) is 0 Å². The first-order valence-corrected chi connectivity index (χ1v) is 6.29. The molecule has 0 aliphatic rings. The van der Waals surface area contributed by atoms with Gasteiger partial charge in [-0.05, 0) is 35.5 Å². The minimum absolute atomic E-state index is 0.542. The Labute approximate surface area is 121 Å². The van der Waals surface area contributed by atoms with Crippen LogP contribution in [0.2, 0.25) is 0 Å². The fourth-order valence-electron chi connectivity index (χ4n) is 1.83. The minimum atomic E-state index is 0.542. The number of aryl methyl sites for hydroxylation is 1. The summed E-state index contributed by atoms with van der Waals surface area (Å²) in [4.78, 5) is 4.10. The molecule has 0 aliphatic carbocycles. The fraction of sp³-hybridized carbons (Fsp3) is 0.143. The monoisotopic (exact) mass is 283 g/mol. The van der Waals surface area contributed by atoms with E-state index >= 15 is 0 Å². The Balaban J connectivity index is 1.84. The largest absolute Gasteiger partial charge is 0.481 e. The van der Waals surface area contributed by atoms with Gasteiger partial charge in [-0.2, -0.15) is 4.68 Å². The molecule has 2 heterocycles. The molecule has 0 amide bonds. The van der Waals surface area contributed by atoms with Crippen molar-refractivity contribution in [2.45, 2.75) is 6.92 Å². The smallest absolute Gasteiger partial charge is 0.213 e. The molecule has 0 fully saturated rings. The molecule has 3 aromatic rings. The van der Waals surface area contributed by atoms with Crippen molar-refractivity contribution in [2.24, 2.45) is 0 Å². The molecule has 21 heavy (non-hydrogen) atoms. The molecule has 7 heteroatoms. The zero-order valence-corrected chi connectivity index (χ0v) is 11.6. The lowest BCUT2D eigenvalue weighted by Crippen LogP contribution is -1.99. The van der Waals surface area contributed by atoms with E-state index in [2.05, 4.69) is 20.5 Å². The van der Waals surface area contributed by atoms with E-state index in [1.807, 2.05) is 31.2 Å². The van der Waals surface area contributed by atoms with Crippen molar-refractivity contribution in [1.82, 2.24) is 25.2 Å². The Kier molecular flexibility index (Phi) is 3.46. The number of nitrogens with zero attached hydrogens (tertiary/aromatic N) is 5. The quantitative estimate of drug-likeness (QED) is 0.730. The summed E-state index contributed by atoms with van der Waals surface area (Å²) < 4.78 is 12.4. The number of methoxy groups -OCH3 is 1. The molecule has 0 unspecified atom stereocenters. The third-order valence-electron chi connectivity index (χ3n) is 2.84. The molecule has 0 radical (unpaired) electrons. The van der Waals surface area contributed by atoms with E-state index in [1.165, 1.54) is 0 Å². The van der Waals surface area contributed by atoms with Crippen LogP contribution in [0.25, 0.3) is 5.69 Å². The highest BCUT2D eigenvalue weighted by atomic mass is 16.5. The number of tetrazole rings is 1. The molecule has 0 N–H and O–H groups in total. The van der Waals surface area contributed by atoms with Crippen LogP contribution in [-0.4, -0.2) is 32.3 Å². The van der Waals surface area contributed by atoms with E-state index in [0.29, 0.717) is 23.2 Å². The standard InChI is InChI=1S/C14H13N5O2/c1-10-16-17-18-19(10)11-4-3-5-12(8-11)21-13-6-7-14(20-2)15-9-13/h3-9H,1-2H3. The Morgan fingerprint density at radius 1 is 1.10 bits per heavy atom. The third-order valence-corrected chi connectivity index (χ3v) is 2.84. The molecule has 0 saturated heterocycles. The number of aromatic nitrogens is 5. The molecule has 0 saturated carbocycles. The van der Waals surface area contributed by atoms with Gasteiger partial charge in [-0.25, -0.2) is 4.98 Å². The molecule has 3 rings (SSSR count). The van der Waals surface area contributed by atoms with Gasteiger partial charge in [-0.3, -0.25) is 0 Å². The molecule has 0 atom stereocenters. The van der Waals surface area contributed by atoms with Crippen molar-refractivity contribution in [3.8, 4) is 23.1 Å². The maximum absolute atomic E-state index is 5.76. The summed E-state index contributed by atoms with van der Waals surface area (Å²) in [5, 5.41) is 11.4. The predicted molar refractivity (Wildman–Crippen MR) is 74.8 cm³/mol. The Bertz CT molecular complexity index is 739. The van der Waals surface area contributed by atoms with E-state index < -0.39 is 0 Å². The highest BCUT2D eigenvalue weighted by Gasteiger charge is 2.05. The summed E-state index contributed by atoms with van der Waals surface area (Å²) in [5.74, 6) is 2.55. The Morgan fingerprint density at radius 2 is 2.00 bits per heavy atom. The van der Waals surface area contributed by atoms with Crippen LogP contribution >= 0.6 is 0 Å². The highest BCUT2D eigenvalue weighted by Crippen LogP contribution is 2.24. The van der Waals surface area contributed by atoms with Crippen LogP contribution in [0.5, 0.6) is 17.4 Å². The van der Waals surface area contributed by atoms with Gasteiger partial charge in [0.1, 0.15) is 11.5 Å². The van der Waals surface area contributed by atoms with E-state index in [0.717, 1.165) is 5.69 Å². The zero-order valence-electron chi connectivity index (χ0n) is 11.6. The van der Waals surface area contributed by atoms with Gasteiger partial charge < -0.3 is 9.47 Å². The molecular weight excluding hydrogens is 270 g/mol. The van der Waals surface area contributed by atoms with Crippen molar-refractivity contribution < 1.29 is 9.47 Å². The van der Waals surface area contributed by atoms with Crippen LogP contribution in [0.1, 0.15) is 5.82 Å². The summed E-state index contributed by atoms with van der Waals surface area (Å²) in [5.41, 5.74) is 0.830. The fourth-order valence-corrected chi connectivity index (χ4v) is 1.83. The van der Waals surface area contributed by atoms with E-state index in [1.54, 1.807) is 30.1 Å². The third kappa shape index (κ3) is 2.81. The van der Waals surface area contributed by atoms with Gasteiger partial charge in [-0.15, -0.1) is 5.10 Å². The molecule has 0 spiro atoms. The maximum Gasteiger partial charge on any atom is 0.213 e. The first-order chi connectivity index (χ1) is 10.3. The van der Waals surface area contributed by atoms with Crippen LogP contribution in [0, 0.1) is 6.92 Å². The summed E-state index contributed by atoms with van der Waals surface area (Å²) >= 11 is 0. The highest BCUT2D eigenvalue weighted by molar-refractivity contribution is 5.40. The van der Waals surface area contributed by atoms with Crippen LogP contribution in [-0.2, 0) is 0 Å². The summed E-state index contributed by atoms with van der Waals surface area (Å²) in [7, 11) is 1.57. The van der Waals surface area contributed by atoms with Crippen molar-refractivity contribution >= 4 is 0 Å². The first-order valence-electron chi connectivity index (χ1n) is 6.29. The lowest BCUT2D eigenvalue weighted by molar-refractivity contribution is 0.395. The first kappa shape index (κ1) is 13.0. The molecule has 7 nitrogen and oxygen atoms in total. The van der Waals surface area contributed by atoms with Gasteiger partial charge in [0.25, 0.3) is 0 Å².